The molecule has 0 aliphatic carbocycles. The number of hydrogen-bond donors (Lipinski definition) is 2. The van der Waals surface area contributed by atoms with Crippen molar-refractivity contribution in [2.75, 3.05) is 34.4 Å². The van der Waals surface area contributed by atoms with Crippen molar-refractivity contribution in [2.45, 2.75) is 25.8 Å². The van der Waals surface area contributed by atoms with Gasteiger partial charge < -0.3 is 25.0 Å². The van der Waals surface area contributed by atoms with Crippen molar-refractivity contribution in [3.8, 4) is 11.5 Å². The van der Waals surface area contributed by atoms with Gasteiger partial charge in [-0.25, -0.2) is 0 Å². The number of hydrogen-bond acceptors (Lipinski definition) is 5. The molecule has 2 rings (SSSR count). The Hall–Kier alpha value is -2.77. The average Bonchev–Trinajstić information content (AvgIpc) is 2.70. The minimum Gasteiger partial charge on any atom is -0.497 e. The molecule has 0 unspecified atom stereocenters. The Morgan fingerprint density at radius 2 is 2.00 bits per heavy atom. The lowest BCUT2D eigenvalue weighted by atomic mass is 9.83. The average molecular weight is 377 g/mol. The largest absolute Gasteiger partial charge is 0.497 e. The molecule has 0 aromatic heterocycles. The monoisotopic (exact) mass is 377 g/mol. The van der Waals surface area contributed by atoms with Gasteiger partial charge in [-0.2, -0.15) is 0 Å². The Morgan fingerprint density at radius 1 is 1.26 bits per heavy atom. The highest BCUT2D eigenvalue weighted by molar-refractivity contribution is 5.88. The number of methoxy groups -OCH3 is 2. The number of nitrogens with zero attached hydrogens (tertiary/aromatic N) is 1. The molecule has 1 aromatic rings. The van der Waals surface area contributed by atoms with Crippen LogP contribution in [-0.2, 0) is 14.4 Å². The summed E-state index contributed by atoms with van der Waals surface area (Å²) in [7, 11) is 4.61. The van der Waals surface area contributed by atoms with Gasteiger partial charge in [0, 0.05) is 31.6 Å². The molecule has 148 valence electrons. The van der Waals surface area contributed by atoms with Gasteiger partial charge in [0.2, 0.25) is 17.7 Å². The van der Waals surface area contributed by atoms with E-state index in [4.69, 9.17) is 9.47 Å². The Morgan fingerprint density at radius 3 is 2.59 bits per heavy atom. The summed E-state index contributed by atoms with van der Waals surface area (Å²) in [4.78, 5) is 38.4. The molecule has 0 radical (unpaired) electrons. The second-order valence-electron chi connectivity index (χ2n) is 6.27. The molecule has 2 N–H and O–H groups in total. The number of likely N-dealkylation sites (N-methyl/N-ethyl adjacent to an activating group) is 1. The minimum atomic E-state index is -0.477. The van der Waals surface area contributed by atoms with E-state index in [2.05, 4.69) is 10.6 Å². The van der Waals surface area contributed by atoms with Gasteiger partial charge in [0.05, 0.1) is 32.7 Å². The maximum atomic E-state index is 12.8. The lowest BCUT2D eigenvalue weighted by molar-refractivity contribution is -0.143. The van der Waals surface area contributed by atoms with E-state index in [0.717, 1.165) is 5.56 Å². The summed E-state index contributed by atoms with van der Waals surface area (Å²) in [5.74, 6) is 0.164. The topological polar surface area (TPSA) is 97.0 Å². The molecule has 1 saturated heterocycles. The van der Waals surface area contributed by atoms with Crippen molar-refractivity contribution < 1.29 is 23.9 Å². The number of amides is 3. The minimum absolute atomic E-state index is 0.00396. The molecular weight excluding hydrogens is 350 g/mol. The Labute approximate surface area is 159 Å². The van der Waals surface area contributed by atoms with Gasteiger partial charge >= 0.3 is 0 Å². The summed E-state index contributed by atoms with van der Waals surface area (Å²) in [5.41, 5.74) is 0.744. The summed E-state index contributed by atoms with van der Waals surface area (Å²) in [5, 5.41) is 5.14. The number of benzene rings is 1. The maximum absolute atomic E-state index is 12.8. The second-order valence-corrected chi connectivity index (χ2v) is 6.27. The zero-order valence-electron chi connectivity index (χ0n) is 16.2. The van der Waals surface area contributed by atoms with Crippen molar-refractivity contribution >= 4 is 17.7 Å². The number of rotatable bonds is 7. The van der Waals surface area contributed by atoms with Crippen LogP contribution in [0.2, 0.25) is 0 Å². The van der Waals surface area contributed by atoms with Gasteiger partial charge in [-0.15, -0.1) is 0 Å². The quantitative estimate of drug-likeness (QED) is 0.735. The van der Waals surface area contributed by atoms with E-state index in [0.29, 0.717) is 30.9 Å². The standard InChI is InChI=1S/C19H27N3O5/c1-5-22-17(24)9-8-14(19(25)21-11-16(23)20-2)18(22)13-7-6-12(26-3)10-15(13)27-4/h6-7,10,14,18H,5,8-9,11H2,1-4H3,(H,20,23)(H,21,25)/t14-,18+/m1/s1. The maximum Gasteiger partial charge on any atom is 0.239 e. The molecule has 8 heteroatoms. The number of piperidine rings is 1. The van der Waals surface area contributed by atoms with Crippen LogP contribution in [0.1, 0.15) is 31.4 Å². The predicted molar refractivity (Wildman–Crippen MR) is 99.5 cm³/mol. The molecule has 0 saturated carbocycles. The van der Waals surface area contributed by atoms with E-state index in [-0.39, 0.29) is 24.3 Å². The highest BCUT2D eigenvalue weighted by atomic mass is 16.5. The van der Waals surface area contributed by atoms with Crippen LogP contribution in [-0.4, -0.2) is 57.0 Å². The van der Waals surface area contributed by atoms with Crippen molar-refractivity contribution in [3.63, 3.8) is 0 Å². The molecule has 1 heterocycles. The molecule has 0 bridgehead atoms. The lowest BCUT2D eigenvalue weighted by Crippen LogP contribution is -2.49. The van der Waals surface area contributed by atoms with E-state index in [1.807, 2.05) is 13.0 Å². The fourth-order valence-electron chi connectivity index (χ4n) is 3.43. The SMILES string of the molecule is CCN1C(=O)CC[C@@H](C(=O)NCC(=O)NC)[C@@H]1c1ccc(OC)cc1OC. The van der Waals surface area contributed by atoms with E-state index in [1.54, 1.807) is 31.3 Å². The normalized spacial score (nSPS) is 19.4. The fourth-order valence-corrected chi connectivity index (χ4v) is 3.43. The summed E-state index contributed by atoms with van der Waals surface area (Å²) in [6.07, 6.45) is 0.704. The number of carbonyl (C=O) groups excluding carboxylic acids is 3. The summed E-state index contributed by atoms with van der Waals surface area (Å²) in [6.45, 7) is 2.25. The van der Waals surface area contributed by atoms with Crippen molar-refractivity contribution in [1.29, 1.82) is 0 Å². The zero-order chi connectivity index (χ0) is 20.0. The number of nitrogens with one attached hydrogen (secondary N) is 2. The number of likely N-dealkylation sites (tertiary alicyclic amines) is 1. The van der Waals surface area contributed by atoms with Crippen LogP contribution in [0.15, 0.2) is 18.2 Å². The molecule has 1 aliphatic heterocycles. The van der Waals surface area contributed by atoms with E-state index in [9.17, 15) is 14.4 Å². The summed E-state index contributed by atoms with van der Waals surface area (Å²) in [6, 6.07) is 4.87. The molecule has 0 spiro atoms. The van der Waals surface area contributed by atoms with Gasteiger partial charge in [-0.3, -0.25) is 14.4 Å². The predicted octanol–water partition coefficient (Wildman–Crippen LogP) is 0.866. The van der Waals surface area contributed by atoms with Crippen LogP contribution >= 0.6 is 0 Å². The van der Waals surface area contributed by atoms with Crippen molar-refractivity contribution in [1.82, 2.24) is 15.5 Å². The first-order chi connectivity index (χ1) is 13.0. The molecule has 27 heavy (non-hydrogen) atoms. The Bertz CT molecular complexity index is 707. The molecule has 8 nitrogen and oxygen atoms in total. The molecule has 2 atom stereocenters. The molecule has 3 amide bonds. The first kappa shape index (κ1) is 20.5. The van der Waals surface area contributed by atoms with Gasteiger partial charge in [0.1, 0.15) is 11.5 Å². The van der Waals surface area contributed by atoms with Crippen molar-refractivity contribution in [3.05, 3.63) is 23.8 Å². The van der Waals surface area contributed by atoms with Gasteiger partial charge in [-0.05, 0) is 25.5 Å². The first-order valence-corrected chi connectivity index (χ1v) is 8.96. The highest BCUT2D eigenvalue weighted by Gasteiger charge is 2.41. The van der Waals surface area contributed by atoms with Gasteiger partial charge in [-0.1, -0.05) is 0 Å². The Kier molecular flexibility index (Phi) is 7.04. The van der Waals surface area contributed by atoms with E-state index < -0.39 is 12.0 Å². The van der Waals surface area contributed by atoms with E-state index in [1.165, 1.54) is 7.05 Å². The third-order valence-electron chi connectivity index (χ3n) is 4.85. The van der Waals surface area contributed by atoms with Crippen LogP contribution < -0.4 is 20.1 Å². The van der Waals surface area contributed by atoms with Crippen LogP contribution in [0.3, 0.4) is 0 Å². The molecule has 1 fully saturated rings. The van der Waals surface area contributed by atoms with Crippen molar-refractivity contribution in [2.24, 2.45) is 5.92 Å². The van der Waals surface area contributed by atoms with Crippen LogP contribution in [0, 0.1) is 5.92 Å². The number of ether oxygens (including phenoxy) is 2. The highest BCUT2D eigenvalue weighted by Crippen LogP contribution is 2.41. The van der Waals surface area contributed by atoms with E-state index >= 15 is 0 Å². The second kappa shape index (κ2) is 9.25. The smallest absolute Gasteiger partial charge is 0.239 e. The summed E-state index contributed by atoms with van der Waals surface area (Å²) < 4.78 is 10.7. The third kappa shape index (κ3) is 4.50. The fraction of sp³-hybridized carbons (Fsp3) is 0.526. The van der Waals surface area contributed by atoms with Crippen LogP contribution in [0.5, 0.6) is 11.5 Å². The molecule has 1 aromatic carbocycles. The third-order valence-corrected chi connectivity index (χ3v) is 4.85. The summed E-state index contributed by atoms with van der Waals surface area (Å²) >= 11 is 0. The van der Waals surface area contributed by atoms with Gasteiger partial charge in [0.15, 0.2) is 0 Å². The van der Waals surface area contributed by atoms with Crippen LogP contribution in [0.25, 0.3) is 0 Å². The number of carbonyl (C=O) groups is 3. The van der Waals surface area contributed by atoms with Gasteiger partial charge in [0.25, 0.3) is 0 Å². The van der Waals surface area contributed by atoms with Crippen LogP contribution in [0.4, 0.5) is 0 Å². The zero-order valence-corrected chi connectivity index (χ0v) is 16.2. The Balaban J connectivity index is 2.39. The lowest BCUT2D eigenvalue weighted by Gasteiger charge is -2.40. The molecular formula is C19H27N3O5. The molecule has 1 aliphatic rings. The first-order valence-electron chi connectivity index (χ1n) is 8.96.